The Bertz CT molecular complexity index is 1100. The molecule has 8 heteroatoms. The largest absolute Gasteiger partial charge is 0.472 e. The number of hydrogen-bond acceptors (Lipinski definition) is 4. The van der Waals surface area contributed by atoms with Gasteiger partial charge in [0.2, 0.25) is 0 Å². The molecule has 4 rings (SSSR count). The number of aromatic amines is 1. The molecular formula is C17H11F2N3O2S. The van der Waals surface area contributed by atoms with E-state index < -0.39 is 11.6 Å². The van der Waals surface area contributed by atoms with Gasteiger partial charge in [-0.25, -0.2) is 18.3 Å². The summed E-state index contributed by atoms with van der Waals surface area (Å²) >= 11 is 1.09. The van der Waals surface area contributed by atoms with Gasteiger partial charge in [-0.05, 0) is 18.2 Å². The molecule has 4 aromatic rings. The van der Waals surface area contributed by atoms with Crippen LogP contribution in [0.25, 0.3) is 16.9 Å². The number of furan rings is 1. The summed E-state index contributed by atoms with van der Waals surface area (Å²) < 4.78 is 33.3. The molecule has 3 aromatic heterocycles. The molecule has 0 saturated heterocycles. The van der Waals surface area contributed by atoms with Crippen LogP contribution in [0.15, 0.2) is 63.0 Å². The molecule has 1 aromatic carbocycles. The maximum atomic E-state index is 13.7. The van der Waals surface area contributed by atoms with Gasteiger partial charge in [-0.1, -0.05) is 6.07 Å². The number of nitrogens with one attached hydrogen (secondary N) is 1. The van der Waals surface area contributed by atoms with Gasteiger partial charge in [0.05, 0.1) is 23.9 Å². The SMILES string of the molecule is O=c1cc(CSc2cccc(F)c2F)nc2cc(-c3ccoc3)[nH]n12. The molecule has 0 aliphatic heterocycles. The Labute approximate surface area is 144 Å². The van der Waals surface area contributed by atoms with Crippen LogP contribution in [0.1, 0.15) is 5.69 Å². The molecule has 0 saturated carbocycles. The smallest absolute Gasteiger partial charge is 0.272 e. The van der Waals surface area contributed by atoms with Crippen molar-refractivity contribution < 1.29 is 13.2 Å². The summed E-state index contributed by atoms with van der Waals surface area (Å²) in [7, 11) is 0. The number of H-pyrrole nitrogens is 1. The molecule has 126 valence electrons. The van der Waals surface area contributed by atoms with Crippen LogP contribution in [0.5, 0.6) is 0 Å². The molecule has 0 unspecified atom stereocenters. The third-order valence-corrected chi connectivity index (χ3v) is 4.69. The Morgan fingerprint density at radius 3 is 2.92 bits per heavy atom. The number of hydrogen-bond donors (Lipinski definition) is 1. The molecule has 0 radical (unpaired) electrons. The van der Waals surface area contributed by atoms with Gasteiger partial charge in [0.15, 0.2) is 17.3 Å². The van der Waals surface area contributed by atoms with Gasteiger partial charge >= 0.3 is 0 Å². The molecule has 1 N–H and O–H groups in total. The molecule has 0 aliphatic rings. The zero-order chi connectivity index (χ0) is 17.4. The number of aromatic nitrogens is 3. The maximum absolute atomic E-state index is 13.7. The van der Waals surface area contributed by atoms with E-state index in [4.69, 9.17) is 4.42 Å². The molecule has 0 aliphatic carbocycles. The fourth-order valence-corrected chi connectivity index (χ4v) is 3.28. The van der Waals surface area contributed by atoms with Crippen molar-refractivity contribution in [2.24, 2.45) is 0 Å². The van der Waals surface area contributed by atoms with Crippen molar-refractivity contribution in [1.29, 1.82) is 0 Å². The standard InChI is InChI=1S/C17H11F2N3O2S/c18-12-2-1-3-14(17(12)19)25-9-11-6-16(23)22-15(20-11)7-13(21-22)10-4-5-24-8-10/h1-8,21H,9H2. The number of benzene rings is 1. The Morgan fingerprint density at radius 2 is 2.12 bits per heavy atom. The van der Waals surface area contributed by atoms with Crippen molar-refractivity contribution >= 4 is 17.4 Å². The molecule has 0 atom stereocenters. The van der Waals surface area contributed by atoms with Gasteiger partial charge in [0, 0.05) is 28.3 Å². The first-order chi connectivity index (χ1) is 12.1. The summed E-state index contributed by atoms with van der Waals surface area (Å²) in [6, 6.07) is 8.85. The molecular weight excluding hydrogens is 348 g/mol. The van der Waals surface area contributed by atoms with Crippen LogP contribution in [0, 0.1) is 11.6 Å². The summed E-state index contributed by atoms with van der Waals surface area (Å²) in [6.07, 6.45) is 3.09. The molecule has 25 heavy (non-hydrogen) atoms. The van der Waals surface area contributed by atoms with Gasteiger partial charge in [-0.3, -0.25) is 9.89 Å². The summed E-state index contributed by atoms with van der Waals surface area (Å²) in [4.78, 5) is 16.8. The highest BCUT2D eigenvalue weighted by Gasteiger charge is 2.11. The van der Waals surface area contributed by atoms with E-state index in [0.29, 0.717) is 17.0 Å². The van der Waals surface area contributed by atoms with E-state index in [1.54, 1.807) is 18.4 Å². The van der Waals surface area contributed by atoms with E-state index in [9.17, 15) is 13.6 Å². The minimum absolute atomic E-state index is 0.176. The van der Waals surface area contributed by atoms with Crippen LogP contribution in [0.3, 0.4) is 0 Å². The second-order valence-corrected chi connectivity index (χ2v) is 6.32. The van der Waals surface area contributed by atoms with Gasteiger partial charge < -0.3 is 4.42 Å². The first-order valence-electron chi connectivity index (χ1n) is 7.33. The fraction of sp³-hybridized carbons (Fsp3) is 0.0588. The highest BCUT2D eigenvalue weighted by Crippen LogP contribution is 2.26. The lowest BCUT2D eigenvalue weighted by Gasteiger charge is -2.03. The number of nitrogens with zero attached hydrogens (tertiary/aromatic N) is 2. The number of rotatable bonds is 4. The van der Waals surface area contributed by atoms with Crippen LogP contribution >= 0.6 is 11.8 Å². The van der Waals surface area contributed by atoms with Crippen molar-refractivity contribution in [3.05, 3.63) is 76.6 Å². The van der Waals surface area contributed by atoms with Crippen LogP contribution in [0.4, 0.5) is 8.78 Å². The molecule has 0 bridgehead atoms. The van der Waals surface area contributed by atoms with E-state index in [1.165, 1.54) is 29.0 Å². The van der Waals surface area contributed by atoms with Crippen molar-refractivity contribution in [3.8, 4) is 11.3 Å². The second-order valence-electron chi connectivity index (χ2n) is 5.30. The number of halogens is 2. The lowest BCUT2D eigenvalue weighted by atomic mass is 10.2. The minimum Gasteiger partial charge on any atom is -0.472 e. The number of fused-ring (bicyclic) bond motifs is 1. The summed E-state index contributed by atoms with van der Waals surface area (Å²) in [5.74, 6) is -1.55. The van der Waals surface area contributed by atoms with E-state index in [2.05, 4.69) is 10.1 Å². The quantitative estimate of drug-likeness (QED) is 0.562. The average molecular weight is 359 g/mol. The maximum Gasteiger partial charge on any atom is 0.272 e. The first kappa shape index (κ1) is 15.6. The summed E-state index contributed by atoms with van der Waals surface area (Å²) in [5.41, 5.74) is 2.13. The zero-order valence-electron chi connectivity index (χ0n) is 12.7. The van der Waals surface area contributed by atoms with Crippen LogP contribution in [-0.4, -0.2) is 14.6 Å². The Balaban J connectivity index is 1.64. The van der Waals surface area contributed by atoms with Crippen molar-refractivity contribution in [1.82, 2.24) is 14.6 Å². The fourth-order valence-electron chi connectivity index (χ4n) is 2.43. The Kier molecular flexibility index (Phi) is 3.89. The summed E-state index contributed by atoms with van der Waals surface area (Å²) in [6.45, 7) is 0. The van der Waals surface area contributed by atoms with Gasteiger partial charge in [0.25, 0.3) is 5.56 Å². The average Bonchev–Trinajstić information content (AvgIpc) is 3.25. The predicted molar refractivity (Wildman–Crippen MR) is 89.4 cm³/mol. The van der Waals surface area contributed by atoms with Gasteiger partial charge in [-0.15, -0.1) is 11.8 Å². The third-order valence-electron chi connectivity index (χ3n) is 3.63. The third kappa shape index (κ3) is 2.96. The zero-order valence-corrected chi connectivity index (χ0v) is 13.5. The molecule has 0 amide bonds. The Hall–Kier alpha value is -2.87. The Morgan fingerprint density at radius 1 is 1.24 bits per heavy atom. The van der Waals surface area contributed by atoms with Gasteiger partial charge in [-0.2, -0.15) is 0 Å². The highest BCUT2D eigenvalue weighted by atomic mass is 32.2. The summed E-state index contributed by atoms with van der Waals surface area (Å²) in [5, 5.41) is 2.95. The van der Waals surface area contributed by atoms with Crippen molar-refractivity contribution in [2.75, 3.05) is 0 Å². The van der Waals surface area contributed by atoms with E-state index in [0.717, 1.165) is 23.4 Å². The monoisotopic (exact) mass is 359 g/mol. The minimum atomic E-state index is -0.899. The van der Waals surface area contributed by atoms with Gasteiger partial charge in [0.1, 0.15) is 0 Å². The predicted octanol–water partition coefficient (Wildman–Crippen LogP) is 3.85. The molecule has 0 fully saturated rings. The van der Waals surface area contributed by atoms with E-state index >= 15 is 0 Å². The molecule has 5 nitrogen and oxygen atoms in total. The van der Waals surface area contributed by atoms with Crippen molar-refractivity contribution in [3.63, 3.8) is 0 Å². The highest BCUT2D eigenvalue weighted by molar-refractivity contribution is 7.98. The normalized spacial score (nSPS) is 11.3. The van der Waals surface area contributed by atoms with Crippen LogP contribution in [-0.2, 0) is 5.75 Å². The van der Waals surface area contributed by atoms with Crippen molar-refractivity contribution in [2.45, 2.75) is 10.6 Å². The topological polar surface area (TPSA) is 63.3 Å². The van der Waals surface area contributed by atoms with Crippen LogP contribution < -0.4 is 5.56 Å². The van der Waals surface area contributed by atoms with Crippen LogP contribution in [0.2, 0.25) is 0 Å². The lowest BCUT2D eigenvalue weighted by molar-refractivity contribution is 0.491. The second kappa shape index (κ2) is 6.21. The molecule has 0 spiro atoms. The van der Waals surface area contributed by atoms with E-state index in [1.807, 2.05) is 0 Å². The lowest BCUT2D eigenvalue weighted by Crippen LogP contribution is -2.15. The first-order valence-corrected chi connectivity index (χ1v) is 8.31. The molecule has 3 heterocycles. The van der Waals surface area contributed by atoms with E-state index in [-0.39, 0.29) is 16.2 Å². The number of thioether (sulfide) groups is 1.